The van der Waals surface area contributed by atoms with Crippen molar-refractivity contribution >= 4 is 54.9 Å². The maximum Gasteiger partial charge on any atom is 0.140 e. The van der Waals surface area contributed by atoms with Crippen LogP contribution in [0.3, 0.4) is 0 Å². The first-order chi connectivity index (χ1) is 22.1. The van der Waals surface area contributed by atoms with Gasteiger partial charge >= 0.3 is 0 Å². The molecule has 0 fully saturated rings. The molecule has 1 spiro atoms. The van der Waals surface area contributed by atoms with Crippen LogP contribution in [0.2, 0.25) is 0 Å². The molecule has 0 bridgehead atoms. The zero-order chi connectivity index (χ0) is 29.9. The number of aromatic hydroxyl groups is 1. The monoisotopic (exact) mass is 594 g/mol. The van der Waals surface area contributed by atoms with Gasteiger partial charge in [-0.25, -0.2) is 0 Å². The third-order valence-electron chi connectivity index (χ3n) is 9.95. The molecule has 0 unspecified atom stereocenters. The molecule has 0 atom stereocenters. The fraction of sp³-hybridized carbons (Fsp3) is 0.0476. The van der Waals surface area contributed by atoms with E-state index in [4.69, 9.17) is 4.74 Å². The van der Waals surface area contributed by atoms with Crippen molar-refractivity contribution in [2.24, 2.45) is 0 Å². The molecule has 0 radical (unpaired) electrons. The van der Waals surface area contributed by atoms with Crippen molar-refractivity contribution in [2.45, 2.75) is 22.1 Å². The maximum absolute atomic E-state index is 11.1. The van der Waals surface area contributed by atoms with E-state index >= 15 is 0 Å². The topological polar surface area (TPSA) is 29.5 Å². The normalized spacial score (nSPS) is 14.2. The minimum atomic E-state index is -0.616. The first-order valence-electron chi connectivity index (χ1n) is 15.3. The second-order valence-corrected chi connectivity index (χ2v) is 13.3. The van der Waals surface area contributed by atoms with Gasteiger partial charge in [0.25, 0.3) is 0 Å². The molecule has 0 aliphatic carbocycles. The van der Waals surface area contributed by atoms with Crippen LogP contribution in [0.1, 0.15) is 27.8 Å². The summed E-state index contributed by atoms with van der Waals surface area (Å²) in [5, 5.41) is 19.6. The summed E-state index contributed by atoms with van der Waals surface area (Å²) in [6, 6.07) is 47.6. The lowest BCUT2D eigenvalue weighted by Gasteiger charge is -2.45. The number of fused-ring (bicyclic) bond motifs is 16. The highest BCUT2D eigenvalue weighted by molar-refractivity contribution is 7.99. The number of aryl methyl sites for hydroxylation is 1. The summed E-state index contributed by atoms with van der Waals surface area (Å²) in [5.74, 6) is 2.03. The van der Waals surface area contributed by atoms with Crippen molar-refractivity contribution in [1.82, 2.24) is 0 Å². The Labute approximate surface area is 264 Å². The van der Waals surface area contributed by atoms with Gasteiger partial charge < -0.3 is 9.84 Å². The van der Waals surface area contributed by atoms with Crippen molar-refractivity contribution in [3.63, 3.8) is 0 Å². The predicted octanol–water partition coefficient (Wildman–Crippen LogP) is 11.3. The van der Waals surface area contributed by atoms with Crippen LogP contribution in [0.15, 0.2) is 143 Å². The zero-order valence-corrected chi connectivity index (χ0v) is 25.3. The molecule has 3 heteroatoms. The summed E-state index contributed by atoms with van der Waals surface area (Å²) in [6.07, 6.45) is 0. The highest BCUT2D eigenvalue weighted by Crippen LogP contribution is 2.64. The van der Waals surface area contributed by atoms with Crippen molar-refractivity contribution in [3.05, 3.63) is 161 Å². The van der Waals surface area contributed by atoms with E-state index in [1.165, 1.54) is 37.3 Å². The fourth-order valence-corrected chi connectivity index (χ4v) is 9.31. The van der Waals surface area contributed by atoms with Crippen LogP contribution in [0.4, 0.5) is 0 Å². The fourth-order valence-electron chi connectivity index (χ4n) is 8.12. The molecule has 0 amide bonds. The van der Waals surface area contributed by atoms with E-state index in [0.717, 1.165) is 54.9 Å². The molecular weight excluding hydrogens is 569 g/mol. The number of hydrogen-bond donors (Lipinski definition) is 1. The standard InChI is InChI=1S/C42H26O2S/c1-24-22-25-18-20-33-40(38(25)29-12-4-2-10-27(24)29)44-41-34(21-19-26-23-35(43)28-11-3-5-13-30(28)39(26)41)42(33)31-14-6-8-16-36(31)45-37-17-9-7-15-32(37)42/h2-23,43H,1H3. The quantitative estimate of drug-likeness (QED) is 0.177. The van der Waals surface area contributed by atoms with Gasteiger partial charge in [-0.2, -0.15) is 0 Å². The molecule has 0 aromatic heterocycles. The number of benzene rings is 8. The van der Waals surface area contributed by atoms with Crippen LogP contribution < -0.4 is 4.74 Å². The zero-order valence-electron chi connectivity index (χ0n) is 24.5. The Morgan fingerprint density at radius 3 is 1.62 bits per heavy atom. The molecule has 2 aliphatic heterocycles. The summed E-state index contributed by atoms with van der Waals surface area (Å²) in [6.45, 7) is 2.19. The average molecular weight is 595 g/mol. The lowest BCUT2D eigenvalue weighted by atomic mass is 9.62. The third kappa shape index (κ3) is 3.16. The van der Waals surface area contributed by atoms with Crippen molar-refractivity contribution in [3.8, 4) is 17.2 Å². The van der Waals surface area contributed by atoms with Gasteiger partial charge in [-0.3, -0.25) is 0 Å². The molecule has 8 aromatic rings. The SMILES string of the molecule is Cc1cc2ccc3c(c2c2ccccc12)Oc1c(ccc2cc(O)c4ccccc4c12)C31c2ccccc2Sc2ccccc21. The Morgan fingerprint density at radius 1 is 0.511 bits per heavy atom. The predicted molar refractivity (Wildman–Crippen MR) is 185 cm³/mol. The van der Waals surface area contributed by atoms with E-state index in [1.807, 2.05) is 36.0 Å². The Balaban J connectivity index is 1.48. The maximum atomic E-state index is 11.1. The minimum Gasteiger partial charge on any atom is -0.507 e. The molecule has 0 saturated carbocycles. The molecule has 2 heterocycles. The molecule has 10 rings (SSSR count). The molecule has 45 heavy (non-hydrogen) atoms. The van der Waals surface area contributed by atoms with Crippen molar-refractivity contribution < 1.29 is 9.84 Å². The molecular formula is C42H26O2S. The molecule has 8 aromatic carbocycles. The summed E-state index contributed by atoms with van der Waals surface area (Å²) in [4.78, 5) is 2.50. The number of rotatable bonds is 0. The second-order valence-electron chi connectivity index (χ2n) is 12.2. The molecule has 2 nitrogen and oxygen atoms in total. The molecule has 0 saturated heterocycles. The van der Waals surface area contributed by atoms with E-state index in [1.54, 1.807) is 0 Å². The Hall–Kier alpha value is -5.25. The highest BCUT2D eigenvalue weighted by atomic mass is 32.2. The highest BCUT2D eigenvalue weighted by Gasteiger charge is 2.50. The van der Waals surface area contributed by atoms with Gasteiger partial charge in [-0.15, -0.1) is 0 Å². The Morgan fingerprint density at radius 2 is 1.00 bits per heavy atom. The van der Waals surface area contributed by atoms with Gasteiger partial charge in [-0.1, -0.05) is 127 Å². The van der Waals surface area contributed by atoms with Crippen LogP contribution >= 0.6 is 11.8 Å². The van der Waals surface area contributed by atoms with Crippen LogP contribution in [0, 0.1) is 6.92 Å². The van der Waals surface area contributed by atoms with E-state index < -0.39 is 5.41 Å². The van der Waals surface area contributed by atoms with Gasteiger partial charge in [0.05, 0.1) is 5.41 Å². The Bertz CT molecular complexity index is 2400. The van der Waals surface area contributed by atoms with E-state index in [9.17, 15) is 5.11 Å². The summed E-state index contributed by atoms with van der Waals surface area (Å²) >= 11 is 1.84. The van der Waals surface area contributed by atoms with E-state index in [-0.39, 0.29) is 5.75 Å². The number of ether oxygens (including phenoxy) is 1. The summed E-state index contributed by atoms with van der Waals surface area (Å²) in [5.41, 5.74) is 5.43. The van der Waals surface area contributed by atoms with Gasteiger partial charge in [-0.05, 0) is 68.7 Å². The first kappa shape index (κ1) is 25.1. The second kappa shape index (κ2) is 8.90. The smallest absolute Gasteiger partial charge is 0.140 e. The van der Waals surface area contributed by atoms with Crippen LogP contribution in [-0.2, 0) is 5.41 Å². The van der Waals surface area contributed by atoms with E-state index in [2.05, 4.69) is 116 Å². The molecule has 2 aliphatic rings. The number of phenols is 1. The lowest BCUT2D eigenvalue weighted by Crippen LogP contribution is -2.36. The van der Waals surface area contributed by atoms with Crippen LogP contribution in [0.25, 0.3) is 43.1 Å². The summed E-state index contributed by atoms with van der Waals surface area (Å²) in [7, 11) is 0. The van der Waals surface area contributed by atoms with Gasteiger partial charge in [0.1, 0.15) is 17.2 Å². The van der Waals surface area contributed by atoms with Gasteiger partial charge in [0.15, 0.2) is 0 Å². The van der Waals surface area contributed by atoms with Crippen LogP contribution in [-0.4, -0.2) is 5.11 Å². The van der Waals surface area contributed by atoms with E-state index in [0.29, 0.717) is 0 Å². The summed E-state index contributed by atoms with van der Waals surface area (Å²) < 4.78 is 7.37. The van der Waals surface area contributed by atoms with Gasteiger partial charge in [0, 0.05) is 37.1 Å². The van der Waals surface area contributed by atoms with Crippen molar-refractivity contribution in [1.29, 1.82) is 0 Å². The average Bonchev–Trinajstić information content (AvgIpc) is 3.08. The minimum absolute atomic E-state index is 0.278. The third-order valence-corrected chi connectivity index (χ3v) is 11.1. The largest absolute Gasteiger partial charge is 0.507 e. The number of phenolic OH excluding ortho intramolecular Hbond substituents is 1. The van der Waals surface area contributed by atoms with Crippen LogP contribution in [0.5, 0.6) is 17.2 Å². The first-order valence-corrected chi connectivity index (χ1v) is 16.1. The lowest BCUT2D eigenvalue weighted by molar-refractivity contribution is 0.442. The number of hydrogen-bond acceptors (Lipinski definition) is 3. The Kier molecular flexibility index (Phi) is 4.97. The van der Waals surface area contributed by atoms with Gasteiger partial charge in [0.2, 0.25) is 0 Å². The van der Waals surface area contributed by atoms with Crippen molar-refractivity contribution in [2.75, 3.05) is 0 Å². The molecule has 212 valence electrons. The molecule has 1 N–H and O–H groups in total.